The first-order chi connectivity index (χ1) is 12.4. The van der Waals surface area contributed by atoms with Crippen molar-refractivity contribution in [2.45, 2.75) is 77.5 Å². The summed E-state index contributed by atoms with van der Waals surface area (Å²) in [5, 5.41) is 9.49. The minimum absolute atomic E-state index is 0. The highest BCUT2D eigenvalue weighted by molar-refractivity contribution is 5.85. The van der Waals surface area contributed by atoms with E-state index in [0.29, 0.717) is 18.5 Å². The lowest BCUT2D eigenvalue weighted by molar-refractivity contribution is -0.125. The van der Waals surface area contributed by atoms with E-state index in [9.17, 15) is 9.59 Å². The molecule has 1 atom stereocenters. The van der Waals surface area contributed by atoms with Crippen molar-refractivity contribution in [2.75, 3.05) is 12.4 Å². The van der Waals surface area contributed by atoms with Crippen molar-refractivity contribution in [2.24, 2.45) is 5.92 Å². The maximum absolute atomic E-state index is 13.3. The van der Waals surface area contributed by atoms with Crippen molar-refractivity contribution >= 4 is 24.3 Å². The minimum atomic E-state index is 0. The summed E-state index contributed by atoms with van der Waals surface area (Å²) < 4.78 is 1.87. The number of carbonyl (C=O) groups excluding carboxylic acids is 1. The number of halogens is 1. The maximum Gasteiger partial charge on any atom is 0.258 e. The quantitative estimate of drug-likeness (QED) is 0.723. The smallest absolute Gasteiger partial charge is 0.258 e. The van der Waals surface area contributed by atoms with Gasteiger partial charge in [-0.05, 0) is 52.9 Å². The van der Waals surface area contributed by atoms with Gasteiger partial charge in [-0.25, -0.2) is 4.98 Å². The van der Waals surface area contributed by atoms with Crippen LogP contribution in [0.3, 0.4) is 0 Å². The van der Waals surface area contributed by atoms with Crippen molar-refractivity contribution in [3.8, 4) is 0 Å². The van der Waals surface area contributed by atoms with Crippen LogP contribution in [0, 0.1) is 5.92 Å². The van der Waals surface area contributed by atoms with Crippen molar-refractivity contribution < 1.29 is 4.79 Å². The standard InChI is InChI=1S/C19H31N5O2.ClH/c1-11(2)22-19-23-16-10-21-12(3)9-15(16)18(26)24(19)14-7-5-13(6-8-14)17(25)20-4;/h11-14,21H,5-10H2,1-4H3,(H,20,25)(H,22,23);1H/t12-,13-,14-;/m1./s1. The lowest BCUT2D eigenvalue weighted by atomic mass is 9.85. The average molecular weight is 398 g/mol. The summed E-state index contributed by atoms with van der Waals surface area (Å²) >= 11 is 0. The van der Waals surface area contributed by atoms with E-state index in [1.165, 1.54) is 0 Å². The van der Waals surface area contributed by atoms with Gasteiger partial charge in [-0.1, -0.05) is 0 Å². The third-order valence-corrected chi connectivity index (χ3v) is 5.52. The largest absolute Gasteiger partial charge is 0.359 e. The Morgan fingerprint density at radius 3 is 2.52 bits per heavy atom. The molecule has 2 aliphatic rings. The molecule has 0 spiro atoms. The number of hydrogen-bond acceptors (Lipinski definition) is 5. The van der Waals surface area contributed by atoms with Crippen LogP contribution in [-0.4, -0.2) is 34.6 Å². The molecule has 2 heterocycles. The van der Waals surface area contributed by atoms with Gasteiger partial charge < -0.3 is 16.0 Å². The van der Waals surface area contributed by atoms with E-state index in [0.717, 1.165) is 43.4 Å². The van der Waals surface area contributed by atoms with Crippen LogP contribution >= 0.6 is 12.4 Å². The van der Waals surface area contributed by atoms with E-state index in [2.05, 4.69) is 36.7 Å². The van der Waals surface area contributed by atoms with Crippen LogP contribution in [0.2, 0.25) is 0 Å². The van der Waals surface area contributed by atoms with Gasteiger partial charge in [-0.3, -0.25) is 14.2 Å². The topological polar surface area (TPSA) is 88.1 Å². The lowest BCUT2D eigenvalue weighted by Gasteiger charge is -2.32. The van der Waals surface area contributed by atoms with Gasteiger partial charge in [0.05, 0.1) is 5.69 Å². The van der Waals surface area contributed by atoms with Crippen LogP contribution in [0.25, 0.3) is 0 Å². The Labute approximate surface area is 167 Å². The normalized spacial score (nSPS) is 24.7. The van der Waals surface area contributed by atoms with Gasteiger partial charge in [-0.2, -0.15) is 0 Å². The highest BCUT2D eigenvalue weighted by Crippen LogP contribution is 2.33. The summed E-state index contributed by atoms with van der Waals surface area (Å²) in [6.45, 7) is 6.85. The van der Waals surface area contributed by atoms with Crippen molar-refractivity contribution in [1.29, 1.82) is 0 Å². The summed E-state index contributed by atoms with van der Waals surface area (Å²) in [5.74, 6) is 0.839. The average Bonchev–Trinajstić information content (AvgIpc) is 2.62. The second kappa shape index (κ2) is 9.06. The van der Waals surface area contributed by atoms with Gasteiger partial charge in [-0.15, -0.1) is 12.4 Å². The fourth-order valence-electron chi connectivity index (χ4n) is 4.11. The number of carbonyl (C=O) groups is 1. The molecule has 0 radical (unpaired) electrons. The summed E-state index contributed by atoms with van der Waals surface area (Å²) in [6, 6.07) is 0.592. The molecule has 0 saturated heterocycles. The molecule has 0 bridgehead atoms. The number of anilines is 1. The Morgan fingerprint density at radius 2 is 1.93 bits per heavy atom. The molecule has 3 rings (SSSR count). The van der Waals surface area contributed by atoms with Crippen LogP contribution < -0.4 is 21.5 Å². The van der Waals surface area contributed by atoms with Gasteiger partial charge in [0.2, 0.25) is 11.9 Å². The van der Waals surface area contributed by atoms with E-state index in [1.807, 2.05) is 4.57 Å². The third-order valence-electron chi connectivity index (χ3n) is 5.52. The van der Waals surface area contributed by atoms with Gasteiger partial charge in [0.15, 0.2) is 0 Å². The van der Waals surface area contributed by atoms with E-state index in [1.54, 1.807) is 7.05 Å². The molecule has 27 heavy (non-hydrogen) atoms. The molecule has 1 aromatic rings. The molecular formula is C19H32ClN5O2. The first-order valence-electron chi connectivity index (χ1n) is 9.76. The predicted octanol–water partition coefficient (Wildman–Crippen LogP) is 2.00. The summed E-state index contributed by atoms with van der Waals surface area (Å²) in [4.78, 5) is 30.0. The van der Waals surface area contributed by atoms with Crippen LogP contribution in [-0.2, 0) is 17.8 Å². The van der Waals surface area contributed by atoms with Crippen LogP contribution in [0.4, 0.5) is 5.95 Å². The van der Waals surface area contributed by atoms with Crippen molar-refractivity contribution in [1.82, 2.24) is 20.2 Å². The third kappa shape index (κ3) is 4.63. The van der Waals surface area contributed by atoms with E-state index >= 15 is 0 Å². The van der Waals surface area contributed by atoms with Crippen LogP contribution in [0.5, 0.6) is 0 Å². The summed E-state index contributed by atoms with van der Waals surface area (Å²) in [6.07, 6.45) is 4.01. The van der Waals surface area contributed by atoms with Crippen molar-refractivity contribution in [3.63, 3.8) is 0 Å². The molecule has 3 N–H and O–H groups in total. The predicted molar refractivity (Wildman–Crippen MR) is 110 cm³/mol. The Kier molecular flexibility index (Phi) is 7.28. The molecule has 152 valence electrons. The molecule has 7 nitrogen and oxygen atoms in total. The maximum atomic E-state index is 13.3. The number of aromatic nitrogens is 2. The fraction of sp³-hybridized carbons (Fsp3) is 0.737. The zero-order valence-corrected chi connectivity index (χ0v) is 17.5. The SMILES string of the molecule is CNC(=O)[C@H]1CC[C@H](n2c(NC(C)C)nc3c(c2=O)C[C@@H](C)NC3)CC1.Cl. The number of nitrogens with one attached hydrogen (secondary N) is 3. The second-order valence-electron chi connectivity index (χ2n) is 7.94. The minimum Gasteiger partial charge on any atom is -0.359 e. The molecule has 1 aromatic heterocycles. The Balaban J connectivity index is 0.00000261. The second-order valence-corrected chi connectivity index (χ2v) is 7.94. The highest BCUT2D eigenvalue weighted by Gasteiger charge is 2.31. The molecule has 1 aliphatic carbocycles. The molecule has 1 saturated carbocycles. The zero-order chi connectivity index (χ0) is 18.8. The lowest BCUT2D eigenvalue weighted by Crippen LogP contribution is -2.42. The monoisotopic (exact) mass is 397 g/mol. The van der Waals surface area contributed by atoms with Crippen LogP contribution in [0.1, 0.15) is 63.8 Å². The van der Waals surface area contributed by atoms with E-state index in [-0.39, 0.29) is 41.9 Å². The highest BCUT2D eigenvalue weighted by atomic mass is 35.5. The zero-order valence-electron chi connectivity index (χ0n) is 16.7. The van der Waals surface area contributed by atoms with Crippen LogP contribution in [0.15, 0.2) is 4.79 Å². The molecule has 1 amide bonds. The molecule has 8 heteroatoms. The Morgan fingerprint density at radius 1 is 1.26 bits per heavy atom. The number of rotatable bonds is 4. The van der Waals surface area contributed by atoms with Gasteiger partial charge in [0.1, 0.15) is 0 Å². The molecular weight excluding hydrogens is 366 g/mol. The summed E-state index contributed by atoms with van der Waals surface area (Å²) in [7, 11) is 1.69. The molecule has 1 fully saturated rings. The van der Waals surface area contributed by atoms with Gasteiger partial charge in [0, 0.05) is 43.2 Å². The Bertz CT molecular complexity index is 726. The number of hydrogen-bond donors (Lipinski definition) is 3. The van der Waals surface area contributed by atoms with E-state index < -0.39 is 0 Å². The summed E-state index contributed by atoms with van der Waals surface area (Å²) in [5.41, 5.74) is 1.81. The first kappa shape index (κ1) is 21.7. The Hall–Kier alpha value is -1.60. The number of fused-ring (bicyclic) bond motifs is 1. The number of amides is 1. The van der Waals surface area contributed by atoms with Gasteiger partial charge >= 0.3 is 0 Å². The van der Waals surface area contributed by atoms with E-state index in [4.69, 9.17) is 4.98 Å². The molecule has 1 aliphatic heterocycles. The number of nitrogens with zero attached hydrogens (tertiary/aromatic N) is 2. The molecule has 0 aromatic carbocycles. The fourth-order valence-corrected chi connectivity index (χ4v) is 4.11. The molecule has 0 unspecified atom stereocenters. The first-order valence-corrected chi connectivity index (χ1v) is 9.76. The van der Waals surface area contributed by atoms with Gasteiger partial charge in [0.25, 0.3) is 5.56 Å². The van der Waals surface area contributed by atoms with Crippen molar-refractivity contribution in [3.05, 3.63) is 21.6 Å².